The average molecular weight is 316 g/mol. The number of rotatable bonds is 4. The number of ketones is 1. The van der Waals surface area contributed by atoms with E-state index < -0.39 is 11.6 Å². The highest BCUT2D eigenvalue weighted by molar-refractivity contribution is 5.98. The summed E-state index contributed by atoms with van der Waals surface area (Å²) in [6.45, 7) is -0.359. The summed E-state index contributed by atoms with van der Waals surface area (Å²) in [5.74, 6) is 1.12. The van der Waals surface area contributed by atoms with Gasteiger partial charge < -0.3 is 4.74 Å². The van der Waals surface area contributed by atoms with Gasteiger partial charge in [0.1, 0.15) is 5.82 Å². The van der Waals surface area contributed by atoms with E-state index >= 15 is 0 Å². The summed E-state index contributed by atoms with van der Waals surface area (Å²) >= 11 is 0. The standard InChI is InChI=1S/C19H21FO3/c20-16-4-2-1-3-15(16)17(21)10-23-19(22)18-13-6-11-5-12(8-13)9-14(18)7-11/h1-4,11-14,18H,5-10H2. The lowest BCUT2D eigenvalue weighted by atomic mass is 9.52. The predicted octanol–water partition coefficient (Wildman–Crippen LogP) is 3.62. The summed E-state index contributed by atoms with van der Waals surface area (Å²) < 4.78 is 18.9. The van der Waals surface area contributed by atoms with Gasteiger partial charge in [-0.25, -0.2) is 4.39 Å². The molecule has 0 aliphatic heterocycles. The summed E-state index contributed by atoms with van der Waals surface area (Å²) in [7, 11) is 0. The average Bonchev–Trinajstić information content (AvgIpc) is 2.52. The zero-order valence-corrected chi connectivity index (χ0v) is 13.0. The summed E-state index contributed by atoms with van der Waals surface area (Å²) in [6.07, 6.45) is 5.87. The van der Waals surface area contributed by atoms with Gasteiger partial charge in [0.25, 0.3) is 0 Å². The molecule has 0 saturated heterocycles. The molecule has 4 heteroatoms. The van der Waals surface area contributed by atoms with Gasteiger partial charge in [-0.3, -0.25) is 9.59 Å². The number of hydrogen-bond donors (Lipinski definition) is 0. The maximum atomic E-state index is 13.6. The fourth-order valence-corrected chi connectivity index (χ4v) is 5.31. The third-order valence-corrected chi connectivity index (χ3v) is 6.02. The third-order valence-electron chi connectivity index (χ3n) is 6.02. The molecule has 0 amide bonds. The van der Waals surface area contributed by atoms with Crippen molar-refractivity contribution >= 4 is 11.8 Å². The summed E-state index contributed by atoms with van der Waals surface area (Å²) in [5, 5.41) is 0. The fraction of sp³-hybridized carbons (Fsp3) is 0.579. The maximum Gasteiger partial charge on any atom is 0.309 e. The SMILES string of the molecule is O=C(COC(=O)C1C2CC3CC(C2)CC1C3)c1ccccc1F. The molecular formula is C19H21FO3. The first kappa shape index (κ1) is 14.9. The second kappa shape index (κ2) is 5.73. The number of Topliss-reactive ketones (excluding diaryl/α,β-unsaturated/α-hetero) is 1. The van der Waals surface area contributed by atoms with E-state index in [1.165, 1.54) is 24.6 Å². The van der Waals surface area contributed by atoms with Crippen molar-refractivity contribution in [3.63, 3.8) is 0 Å². The predicted molar refractivity (Wildman–Crippen MR) is 82.2 cm³/mol. The van der Waals surface area contributed by atoms with Crippen LogP contribution in [0.3, 0.4) is 0 Å². The number of carbonyl (C=O) groups excluding carboxylic acids is 2. The number of esters is 1. The van der Waals surface area contributed by atoms with E-state index in [1.807, 2.05) is 0 Å². The Balaban J connectivity index is 1.39. The van der Waals surface area contributed by atoms with Crippen molar-refractivity contribution in [1.29, 1.82) is 0 Å². The molecule has 4 aliphatic carbocycles. The Bertz CT molecular complexity index is 611. The van der Waals surface area contributed by atoms with Crippen LogP contribution in [-0.2, 0) is 9.53 Å². The second-order valence-electron chi connectivity index (χ2n) is 7.47. The highest BCUT2D eigenvalue weighted by Crippen LogP contribution is 2.56. The van der Waals surface area contributed by atoms with E-state index in [9.17, 15) is 14.0 Å². The van der Waals surface area contributed by atoms with Crippen molar-refractivity contribution < 1.29 is 18.7 Å². The van der Waals surface area contributed by atoms with Gasteiger partial charge in [-0.2, -0.15) is 0 Å². The normalized spacial score (nSPS) is 34.4. The number of benzene rings is 1. The van der Waals surface area contributed by atoms with E-state index in [4.69, 9.17) is 4.74 Å². The Morgan fingerprint density at radius 2 is 1.61 bits per heavy atom. The van der Waals surface area contributed by atoms with Gasteiger partial charge in [-0.1, -0.05) is 12.1 Å². The lowest BCUT2D eigenvalue weighted by molar-refractivity contribution is -0.161. The summed E-state index contributed by atoms with van der Waals surface area (Å²) in [5.41, 5.74) is -0.00890. The Morgan fingerprint density at radius 3 is 2.22 bits per heavy atom. The summed E-state index contributed by atoms with van der Waals surface area (Å²) in [6, 6.07) is 5.81. The molecule has 1 aromatic rings. The number of hydrogen-bond acceptors (Lipinski definition) is 3. The van der Waals surface area contributed by atoms with Crippen LogP contribution < -0.4 is 0 Å². The molecule has 5 rings (SSSR count). The van der Waals surface area contributed by atoms with Gasteiger partial charge >= 0.3 is 5.97 Å². The molecular weight excluding hydrogens is 295 g/mol. The van der Waals surface area contributed by atoms with E-state index in [-0.39, 0.29) is 24.1 Å². The van der Waals surface area contributed by atoms with Gasteiger partial charge in [-0.05, 0) is 67.9 Å². The highest BCUT2D eigenvalue weighted by Gasteiger charge is 2.51. The zero-order chi connectivity index (χ0) is 16.0. The first-order valence-corrected chi connectivity index (χ1v) is 8.56. The number of ether oxygens (including phenoxy) is 1. The molecule has 0 radical (unpaired) electrons. The Labute approximate surface area is 135 Å². The van der Waals surface area contributed by atoms with E-state index in [0.29, 0.717) is 11.8 Å². The molecule has 3 nitrogen and oxygen atoms in total. The highest BCUT2D eigenvalue weighted by atomic mass is 19.1. The van der Waals surface area contributed by atoms with Gasteiger partial charge in [0.05, 0.1) is 11.5 Å². The number of halogens is 1. The quantitative estimate of drug-likeness (QED) is 0.629. The van der Waals surface area contributed by atoms with Crippen molar-refractivity contribution in [3.05, 3.63) is 35.6 Å². The zero-order valence-electron chi connectivity index (χ0n) is 13.0. The lowest BCUT2D eigenvalue weighted by Crippen LogP contribution is -2.48. The van der Waals surface area contributed by atoms with Gasteiger partial charge in [0.15, 0.2) is 6.61 Å². The molecule has 122 valence electrons. The second-order valence-corrected chi connectivity index (χ2v) is 7.47. The van der Waals surface area contributed by atoms with Crippen LogP contribution in [0.1, 0.15) is 42.5 Å². The van der Waals surface area contributed by atoms with Gasteiger partial charge in [0.2, 0.25) is 5.78 Å². The maximum absolute atomic E-state index is 13.6. The van der Waals surface area contributed by atoms with Crippen LogP contribution in [0.25, 0.3) is 0 Å². The molecule has 0 atom stereocenters. The Hall–Kier alpha value is -1.71. The molecule has 1 aromatic carbocycles. The largest absolute Gasteiger partial charge is 0.457 e. The van der Waals surface area contributed by atoms with Crippen LogP contribution in [0.2, 0.25) is 0 Å². The summed E-state index contributed by atoms with van der Waals surface area (Å²) in [4.78, 5) is 24.5. The van der Waals surface area contributed by atoms with Crippen LogP contribution in [0.5, 0.6) is 0 Å². The van der Waals surface area contributed by atoms with Crippen LogP contribution in [0.15, 0.2) is 24.3 Å². The van der Waals surface area contributed by atoms with Crippen LogP contribution in [0.4, 0.5) is 4.39 Å². The van der Waals surface area contributed by atoms with Crippen molar-refractivity contribution in [3.8, 4) is 0 Å². The van der Waals surface area contributed by atoms with Gasteiger partial charge in [0, 0.05) is 0 Å². The molecule has 4 aliphatic rings. The molecule has 0 heterocycles. The Kier molecular flexibility index (Phi) is 3.70. The van der Waals surface area contributed by atoms with Crippen LogP contribution >= 0.6 is 0 Å². The Morgan fingerprint density at radius 1 is 1.00 bits per heavy atom. The fourth-order valence-electron chi connectivity index (χ4n) is 5.31. The first-order chi connectivity index (χ1) is 11.1. The van der Waals surface area contributed by atoms with Crippen LogP contribution in [-0.4, -0.2) is 18.4 Å². The molecule has 23 heavy (non-hydrogen) atoms. The molecule has 0 N–H and O–H groups in total. The van der Waals surface area contributed by atoms with Crippen molar-refractivity contribution in [2.75, 3.05) is 6.61 Å². The lowest BCUT2D eigenvalue weighted by Gasteiger charge is -2.53. The van der Waals surface area contributed by atoms with Crippen molar-refractivity contribution in [2.45, 2.75) is 32.1 Å². The minimum Gasteiger partial charge on any atom is -0.457 e. The minimum atomic E-state index is -0.567. The molecule has 4 saturated carbocycles. The molecule has 4 bridgehead atoms. The topological polar surface area (TPSA) is 43.4 Å². The smallest absolute Gasteiger partial charge is 0.309 e. The van der Waals surface area contributed by atoms with Crippen LogP contribution in [0, 0.1) is 35.4 Å². The molecule has 0 spiro atoms. The number of carbonyl (C=O) groups is 2. The third kappa shape index (κ3) is 2.68. The van der Waals surface area contributed by atoms with E-state index in [0.717, 1.165) is 37.5 Å². The molecule has 4 fully saturated rings. The van der Waals surface area contributed by atoms with Crippen molar-refractivity contribution in [2.24, 2.45) is 29.6 Å². The van der Waals surface area contributed by atoms with E-state index in [2.05, 4.69) is 0 Å². The first-order valence-electron chi connectivity index (χ1n) is 8.56. The minimum absolute atomic E-state index is 0.00890. The molecule has 0 aromatic heterocycles. The van der Waals surface area contributed by atoms with E-state index in [1.54, 1.807) is 6.07 Å². The van der Waals surface area contributed by atoms with Crippen molar-refractivity contribution in [1.82, 2.24) is 0 Å². The molecule has 0 unspecified atom stereocenters. The van der Waals surface area contributed by atoms with Gasteiger partial charge in [-0.15, -0.1) is 0 Å². The monoisotopic (exact) mass is 316 g/mol.